The Hall–Kier alpha value is -3.98. The van der Waals surface area contributed by atoms with Gasteiger partial charge in [-0.05, 0) is 60.2 Å². The van der Waals surface area contributed by atoms with Crippen LogP contribution in [0, 0.1) is 5.82 Å². The van der Waals surface area contributed by atoms with Crippen molar-refractivity contribution >= 4 is 23.2 Å². The first-order valence-electron chi connectivity index (χ1n) is 9.20. The molecule has 2 amide bonds. The Kier molecular flexibility index (Phi) is 5.76. The molecule has 0 aliphatic heterocycles. The van der Waals surface area contributed by atoms with Gasteiger partial charge in [0, 0.05) is 11.1 Å². The second-order valence-electron chi connectivity index (χ2n) is 6.42. The second-order valence-corrected chi connectivity index (χ2v) is 7.51. The zero-order valence-electron chi connectivity index (χ0n) is 16.3. The van der Waals surface area contributed by atoms with E-state index in [0.29, 0.717) is 10.6 Å². The monoisotopic (exact) mass is 436 g/mol. The predicted octanol–water partition coefficient (Wildman–Crippen LogP) is 3.82. The maximum absolute atomic E-state index is 13.1. The summed E-state index contributed by atoms with van der Waals surface area (Å²) < 4.78 is 19.7. The summed E-state index contributed by atoms with van der Waals surface area (Å²) in [5, 5.41) is 4.22. The van der Waals surface area contributed by atoms with Crippen LogP contribution in [-0.4, -0.2) is 28.7 Å². The summed E-state index contributed by atoms with van der Waals surface area (Å²) in [6.07, 6.45) is 1.65. The van der Waals surface area contributed by atoms with Crippen LogP contribution in [0.3, 0.4) is 0 Å². The first kappa shape index (κ1) is 20.3. The van der Waals surface area contributed by atoms with Crippen LogP contribution in [0.1, 0.15) is 20.2 Å². The van der Waals surface area contributed by atoms with E-state index in [9.17, 15) is 14.0 Å². The highest BCUT2D eigenvalue weighted by atomic mass is 32.1. The number of methoxy groups -OCH3 is 1. The molecular weight excluding hydrogens is 419 g/mol. The van der Waals surface area contributed by atoms with Crippen LogP contribution in [0.25, 0.3) is 16.1 Å². The Morgan fingerprint density at radius 2 is 1.65 bits per heavy atom. The molecule has 0 atom stereocenters. The van der Waals surface area contributed by atoms with Crippen molar-refractivity contribution in [1.29, 1.82) is 0 Å². The van der Waals surface area contributed by atoms with Gasteiger partial charge in [0.2, 0.25) is 0 Å². The zero-order valence-corrected chi connectivity index (χ0v) is 17.2. The van der Waals surface area contributed by atoms with E-state index in [0.717, 1.165) is 16.1 Å². The third-order valence-corrected chi connectivity index (χ3v) is 5.54. The second kappa shape index (κ2) is 8.80. The largest absolute Gasteiger partial charge is 0.497 e. The highest BCUT2D eigenvalue weighted by Crippen LogP contribution is 2.28. The molecule has 7 nitrogen and oxygen atoms in total. The van der Waals surface area contributed by atoms with Crippen LogP contribution in [0.4, 0.5) is 4.39 Å². The van der Waals surface area contributed by atoms with Crippen LogP contribution in [0.15, 0.2) is 72.9 Å². The molecule has 9 heteroatoms. The molecule has 0 radical (unpaired) electrons. The van der Waals surface area contributed by atoms with Crippen molar-refractivity contribution in [1.82, 2.24) is 20.6 Å². The zero-order chi connectivity index (χ0) is 21.8. The molecule has 0 spiro atoms. The van der Waals surface area contributed by atoms with Crippen molar-refractivity contribution in [3.05, 3.63) is 89.3 Å². The number of rotatable bonds is 5. The van der Waals surface area contributed by atoms with Gasteiger partial charge in [-0.3, -0.25) is 20.4 Å². The fourth-order valence-electron chi connectivity index (χ4n) is 2.79. The van der Waals surface area contributed by atoms with E-state index in [1.54, 1.807) is 60.5 Å². The van der Waals surface area contributed by atoms with E-state index in [1.807, 2.05) is 12.1 Å². The standard InChI is InChI=1S/C22H17FN4O3S/c1-30-17-8-6-16(7-9-17)27-13-12-18(26-27)21(28)24-25-22(29)20-11-10-19(31-20)14-2-4-15(23)5-3-14/h2-13H,1H3,(H,24,28)(H,25,29). The van der Waals surface area contributed by atoms with E-state index < -0.39 is 11.8 Å². The molecule has 0 aliphatic carbocycles. The van der Waals surface area contributed by atoms with Crippen LogP contribution >= 0.6 is 11.3 Å². The molecule has 0 saturated carbocycles. The Bertz CT molecular complexity index is 1220. The van der Waals surface area contributed by atoms with Gasteiger partial charge in [-0.1, -0.05) is 12.1 Å². The van der Waals surface area contributed by atoms with E-state index in [4.69, 9.17) is 4.74 Å². The SMILES string of the molecule is COc1ccc(-n2ccc(C(=O)NNC(=O)c3ccc(-c4ccc(F)cc4)s3)n2)cc1. The third-order valence-electron chi connectivity index (χ3n) is 4.41. The lowest BCUT2D eigenvalue weighted by molar-refractivity contribution is 0.0846. The Balaban J connectivity index is 1.37. The lowest BCUT2D eigenvalue weighted by Gasteiger charge is -2.05. The van der Waals surface area contributed by atoms with Crippen molar-refractivity contribution in [2.45, 2.75) is 0 Å². The van der Waals surface area contributed by atoms with E-state index in [-0.39, 0.29) is 11.5 Å². The van der Waals surface area contributed by atoms with Gasteiger partial charge in [0.15, 0.2) is 5.69 Å². The number of aromatic nitrogens is 2. The fourth-order valence-corrected chi connectivity index (χ4v) is 3.70. The number of ether oxygens (including phenoxy) is 1. The van der Waals surface area contributed by atoms with Crippen molar-refractivity contribution in [2.75, 3.05) is 7.11 Å². The van der Waals surface area contributed by atoms with Crippen molar-refractivity contribution < 1.29 is 18.7 Å². The summed E-state index contributed by atoms with van der Waals surface area (Å²) >= 11 is 1.24. The molecule has 0 unspecified atom stereocenters. The molecule has 4 rings (SSSR count). The van der Waals surface area contributed by atoms with E-state index in [2.05, 4.69) is 16.0 Å². The number of hydrazine groups is 1. The topological polar surface area (TPSA) is 85.2 Å². The molecule has 0 fully saturated rings. The number of carbonyl (C=O) groups is 2. The molecule has 2 aromatic carbocycles. The number of nitrogens with zero attached hydrogens (tertiary/aromatic N) is 2. The van der Waals surface area contributed by atoms with Gasteiger partial charge >= 0.3 is 0 Å². The van der Waals surface area contributed by atoms with E-state index >= 15 is 0 Å². The maximum Gasteiger partial charge on any atom is 0.290 e. The van der Waals surface area contributed by atoms with Gasteiger partial charge in [-0.25, -0.2) is 9.07 Å². The summed E-state index contributed by atoms with van der Waals surface area (Å²) in [6, 6.07) is 18.2. The third kappa shape index (κ3) is 4.62. The summed E-state index contributed by atoms with van der Waals surface area (Å²) in [6.45, 7) is 0. The summed E-state index contributed by atoms with van der Waals surface area (Å²) in [7, 11) is 1.58. The van der Waals surface area contributed by atoms with Crippen LogP contribution < -0.4 is 15.6 Å². The molecule has 2 heterocycles. The predicted molar refractivity (Wildman–Crippen MR) is 115 cm³/mol. The highest BCUT2D eigenvalue weighted by molar-refractivity contribution is 7.17. The molecule has 0 saturated heterocycles. The minimum absolute atomic E-state index is 0.147. The lowest BCUT2D eigenvalue weighted by atomic mass is 10.2. The normalized spacial score (nSPS) is 10.5. The molecule has 0 aliphatic rings. The van der Waals surface area contributed by atoms with Gasteiger partial charge in [-0.15, -0.1) is 11.3 Å². The average Bonchev–Trinajstić information content (AvgIpc) is 3.48. The molecular formula is C22H17FN4O3S. The minimum atomic E-state index is -0.545. The smallest absolute Gasteiger partial charge is 0.290 e. The number of hydrogen-bond donors (Lipinski definition) is 2. The van der Waals surface area contributed by atoms with Gasteiger partial charge < -0.3 is 4.74 Å². The Morgan fingerprint density at radius 3 is 2.35 bits per heavy atom. The summed E-state index contributed by atoms with van der Waals surface area (Å²) in [5.74, 6) is -0.611. The van der Waals surface area contributed by atoms with Crippen molar-refractivity contribution in [3.8, 4) is 21.9 Å². The number of amides is 2. The fraction of sp³-hybridized carbons (Fsp3) is 0.0455. The Morgan fingerprint density at radius 1 is 0.935 bits per heavy atom. The van der Waals surface area contributed by atoms with Crippen molar-refractivity contribution in [2.24, 2.45) is 0 Å². The number of carbonyl (C=O) groups excluding carboxylic acids is 2. The Labute approximate surface area is 181 Å². The van der Waals surface area contributed by atoms with Crippen LogP contribution in [-0.2, 0) is 0 Å². The van der Waals surface area contributed by atoms with Crippen molar-refractivity contribution in [3.63, 3.8) is 0 Å². The molecule has 2 aromatic heterocycles. The molecule has 0 bridgehead atoms. The first-order valence-corrected chi connectivity index (χ1v) is 10.0. The number of nitrogens with one attached hydrogen (secondary N) is 2. The van der Waals surface area contributed by atoms with Gasteiger partial charge in [0.05, 0.1) is 17.7 Å². The lowest BCUT2D eigenvalue weighted by Crippen LogP contribution is -2.41. The van der Waals surface area contributed by atoms with Crippen LogP contribution in [0.2, 0.25) is 0 Å². The average molecular weight is 436 g/mol. The molecule has 2 N–H and O–H groups in total. The quantitative estimate of drug-likeness (QED) is 0.466. The number of halogens is 1. The number of thiophene rings is 1. The summed E-state index contributed by atoms with van der Waals surface area (Å²) in [4.78, 5) is 25.9. The van der Waals surface area contributed by atoms with Gasteiger partial charge in [-0.2, -0.15) is 5.10 Å². The highest BCUT2D eigenvalue weighted by Gasteiger charge is 2.14. The first-order chi connectivity index (χ1) is 15.0. The van der Waals surface area contributed by atoms with E-state index in [1.165, 1.54) is 23.5 Å². The molecule has 156 valence electrons. The minimum Gasteiger partial charge on any atom is -0.497 e. The van der Waals surface area contributed by atoms with Gasteiger partial charge in [0.25, 0.3) is 11.8 Å². The number of benzene rings is 2. The number of hydrogen-bond acceptors (Lipinski definition) is 5. The van der Waals surface area contributed by atoms with Gasteiger partial charge in [0.1, 0.15) is 11.6 Å². The van der Waals surface area contributed by atoms with Crippen LogP contribution in [0.5, 0.6) is 5.75 Å². The molecule has 31 heavy (non-hydrogen) atoms. The summed E-state index contributed by atoms with van der Waals surface area (Å²) in [5.41, 5.74) is 6.45. The maximum atomic E-state index is 13.1. The molecule has 4 aromatic rings.